The molecule has 0 fully saturated rings. The number of amides is 1. The van der Waals surface area contributed by atoms with E-state index in [4.69, 9.17) is 23.2 Å². The molecule has 0 aliphatic carbocycles. The minimum absolute atomic E-state index is 0.177. The fourth-order valence-electron chi connectivity index (χ4n) is 1.99. The maximum absolute atomic E-state index is 12.0. The predicted molar refractivity (Wildman–Crippen MR) is 97.6 cm³/mol. The Kier molecular flexibility index (Phi) is 5.40. The highest BCUT2D eigenvalue weighted by Gasteiger charge is 2.09. The van der Waals surface area contributed by atoms with Crippen LogP contribution in [0.5, 0.6) is 0 Å². The van der Waals surface area contributed by atoms with E-state index in [0.29, 0.717) is 26.7 Å². The van der Waals surface area contributed by atoms with Crippen LogP contribution in [0.3, 0.4) is 0 Å². The number of carbonyl (C=O) groups is 1. The number of halogens is 2. The molecule has 0 radical (unpaired) electrons. The van der Waals surface area contributed by atoms with Gasteiger partial charge in [0.05, 0.1) is 5.75 Å². The van der Waals surface area contributed by atoms with E-state index >= 15 is 0 Å². The molecule has 122 valence electrons. The number of H-pyrrole nitrogens is 1. The summed E-state index contributed by atoms with van der Waals surface area (Å²) in [6.45, 7) is 0. The minimum atomic E-state index is -0.190. The number of aromatic amines is 1. The third-order valence-corrected chi connectivity index (χ3v) is 4.27. The fourth-order valence-corrected chi connectivity index (χ4v) is 3.11. The van der Waals surface area contributed by atoms with Crippen LogP contribution in [0.4, 0.5) is 5.69 Å². The zero-order chi connectivity index (χ0) is 16.9. The molecule has 8 heteroatoms. The summed E-state index contributed by atoms with van der Waals surface area (Å²) in [4.78, 5) is 16.4. The van der Waals surface area contributed by atoms with E-state index in [1.54, 1.807) is 18.2 Å². The largest absolute Gasteiger partial charge is 0.325 e. The van der Waals surface area contributed by atoms with Crippen LogP contribution in [-0.2, 0) is 4.79 Å². The Morgan fingerprint density at radius 3 is 2.54 bits per heavy atom. The topological polar surface area (TPSA) is 70.7 Å². The lowest BCUT2D eigenvalue weighted by atomic mass is 10.2. The Bertz CT molecular complexity index is 834. The first-order valence-electron chi connectivity index (χ1n) is 6.97. The normalized spacial score (nSPS) is 10.6. The third kappa shape index (κ3) is 4.50. The molecule has 24 heavy (non-hydrogen) atoms. The lowest BCUT2D eigenvalue weighted by Crippen LogP contribution is -2.14. The van der Waals surface area contributed by atoms with Crippen molar-refractivity contribution in [2.45, 2.75) is 5.16 Å². The molecule has 3 rings (SSSR count). The van der Waals surface area contributed by atoms with Crippen LogP contribution in [0.1, 0.15) is 0 Å². The van der Waals surface area contributed by atoms with Crippen LogP contribution in [0.2, 0.25) is 10.0 Å². The molecule has 0 aliphatic heterocycles. The molecule has 0 unspecified atom stereocenters. The van der Waals surface area contributed by atoms with Crippen molar-refractivity contribution in [3.8, 4) is 11.4 Å². The summed E-state index contributed by atoms with van der Waals surface area (Å²) >= 11 is 13.0. The van der Waals surface area contributed by atoms with Gasteiger partial charge in [0.2, 0.25) is 11.1 Å². The molecular formula is C16H12Cl2N4OS. The number of rotatable bonds is 5. The monoisotopic (exact) mass is 378 g/mol. The van der Waals surface area contributed by atoms with Gasteiger partial charge in [0.15, 0.2) is 5.82 Å². The molecule has 0 spiro atoms. The van der Waals surface area contributed by atoms with Crippen LogP contribution in [0.25, 0.3) is 11.4 Å². The standard InChI is InChI=1S/C16H12Cl2N4OS/c17-11-6-12(18)8-13(7-11)19-14(23)9-24-16-20-15(21-22-16)10-4-2-1-3-5-10/h1-8H,9H2,(H,19,23)(H,20,21,22). The van der Waals surface area contributed by atoms with Gasteiger partial charge in [-0.15, -0.1) is 5.10 Å². The average molecular weight is 379 g/mol. The Balaban J connectivity index is 1.58. The number of hydrogen-bond donors (Lipinski definition) is 2. The number of anilines is 1. The van der Waals surface area contributed by atoms with Crippen LogP contribution in [-0.4, -0.2) is 26.8 Å². The van der Waals surface area contributed by atoms with Gasteiger partial charge in [0.25, 0.3) is 0 Å². The molecule has 0 aliphatic rings. The first-order valence-corrected chi connectivity index (χ1v) is 8.71. The molecule has 2 N–H and O–H groups in total. The molecule has 1 heterocycles. The van der Waals surface area contributed by atoms with Gasteiger partial charge in [-0.3, -0.25) is 9.89 Å². The molecule has 0 atom stereocenters. The molecule has 0 bridgehead atoms. The van der Waals surface area contributed by atoms with Gasteiger partial charge in [-0.05, 0) is 18.2 Å². The van der Waals surface area contributed by atoms with E-state index in [9.17, 15) is 4.79 Å². The Hall–Kier alpha value is -2.02. The van der Waals surface area contributed by atoms with Crippen molar-refractivity contribution < 1.29 is 4.79 Å². The molecule has 0 saturated carbocycles. The first kappa shape index (κ1) is 16.8. The lowest BCUT2D eigenvalue weighted by molar-refractivity contribution is -0.113. The predicted octanol–water partition coefficient (Wildman–Crippen LogP) is 4.51. The van der Waals surface area contributed by atoms with Crippen molar-refractivity contribution in [1.29, 1.82) is 0 Å². The Morgan fingerprint density at radius 1 is 1.12 bits per heavy atom. The maximum Gasteiger partial charge on any atom is 0.234 e. The zero-order valence-electron chi connectivity index (χ0n) is 12.3. The average Bonchev–Trinajstić information content (AvgIpc) is 3.02. The van der Waals surface area contributed by atoms with Gasteiger partial charge >= 0.3 is 0 Å². The van der Waals surface area contributed by atoms with Gasteiger partial charge in [0, 0.05) is 21.3 Å². The summed E-state index contributed by atoms with van der Waals surface area (Å²) in [7, 11) is 0. The van der Waals surface area contributed by atoms with Crippen molar-refractivity contribution in [2.75, 3.05) is 11.1 Å². The second-order valence-corrected chi connectivity index (χ2v) is 6.64. The molecule has 1 aromatic heterocycles. The molecule has 5 nitrogen and oxygen atoms in total. The van der Waals surface area contributed by atoms with Crippen LogP contribution in [0.15, 0.2) is 53.7 Å². The zero-order valence-corrected chi connectivity index (χ0v) is 14.6. The number of benzene rings is 2. The van der Waals surface area contributed by atoms with Crippen molar-refractivity contribution in [3.05, 3.63) is 58.6 Å². The summed E-state index contributed by atoms with van der Waals surface area (Å²) in [5.41, 5.74) is 1.49. The van der Waals surface area contributed by atoms with Gasteiger partial charge in [-0.25, -0.2) is 4.98 Å². The van der Waals surface area contributed by atoms with E-state index in [2.05, 4.69) is 20.5 Å². The van der Waals surface area contributed by atoms with Crippen LogP contribution in [0, 0.1) is 0 Å². The fraction of sp³-hybridized carbons (Fsp3) is 0.0625. The smallest absolute Gasteiger partial charge is 0.234 e. The highest BCUT2D eigenvalue weighted by Crippen LogP contribution is 2.23. The van der Waals surface area contributed by atoms with E-state index in [1.165, 1.54) is 11.8 Å². The maximum atomic E-state index is 12.0. The van der Waals surface area contributed by atoms with Crippen LogP contribution < -0.4 is 5.32 Å². The number of nitrogens with one attached hydrogen (secondary N) is 2. The number of aromatic nitrogens is 3. The third-order valence-electron chi connectivity index (χ3n) is 2.99. The number of thioether (sulfide) groups is 1. The van der Waals surface area contributed by atoms with Crippen molar-refractivity contribution >= 4 is 46.6 Å². The number of nitrogens with zero attached hydrogens (tertiary/aromatic N) is 2. The first-order chi connectivity index (χ1) is 11.6. The minimum Gasteiger partial charge on any atom is -0.325 e. The van der Waals surface area contributed by atoms with E-state index in [-0.39, 0.29) is 11.7 Å². The van der Waals surface area contributed by atoms with Gasteiger partial charge in [0.1, 0.15) is 0 Å². The van der Waals surface area contributed by atoms with Gasteiger partial charge in [-0.1, -0.05) is 65.3 Å². The highest BCUT2D eigenvalue weighted by atomic mass is 35.5. The molecule has 2 aromatic carbocycles. The second kappa shape index (κ2) is 7.70. The van der Waals surface area contributed by atoms with E-state index in [1.807, 2.05) is 30.3 Å². The van der Waals surface area contributed by atoms with Crippen LogP contribution >= 0.6 is 35.0 Å². The molecule has 3 aromatic rings. The van der Waals surface area contributed by atoms with Crippen molar-refractivity contribution in [3.63, 3.8) is 0 Å². The summed E-state index contributed by atoms with van der Waals surface area (Å²) in [6, 6.07) is 14.5. The summed E-state index contributed by atoms with van der Waals surface area (Å²) < 4.78 is 0. The number of carbonyl (C=O) groups excluding carboxylic acids is 1. The summed E-state index contributed by atoms with van der Waals surface area (Å²) in [5, 5.41) is 11.1. The SMILES string of the molecule is O=C(CSc1n[nH]c(-c2ccccc2)n1)Nc1cc(Cl)cc(Cl)c1. The molecule has 1 amide bonds. The van der Waals surface area contributed by atoms with Gasteiger partial charge < -0.3 is 5.32 Å². The summed E-state index contributed by atoms with van der Waals surface area (Å²) in [6.07, 6.45) is 0. The summed E-state index contributed by atoms with van der Waals surface area (Å²) in [5.74, 6) is 0.653. The highest BCUT2D eigenvalue weighted by molar-refractivity contribution is 7.99. The van der Waals surface area contributed by atoms with E-state index in [0.717, 1.165) is 5.56 Å². The quantitative estimate of drug-likeness (QED) is 0.640. The molecule has 0 saturated heterocycles. The number of hydrogen-bond acceptors (Lipinski definition) is 4. The van der Waals surface area contributed by atoms with E-state index < -0.39 is 0 Å². The lowest BCUT2D eigenvalue weighted by Gasteiger charge is -2.05. The Labute approximate surface area is 152 Å². The Morgan fingerprint density at radius 2 is 1.83 bits per heavy atom. The van der Waals surface area contributed by atoms with Crippen molar-refractivity contribution in [2.24, 2.45) is 0 Å². The second-order valence-electron chi connectivity index (χ2n) is 4.83. The molecular weight excluding hydrogens is 367 g/mol. The van der Waals surface area contributed by atoms with Gasteiger partial charge in [-0.2, -0.15) is 0 Å². The van der Waals surface area contributed by atoms with Crippen molar-refractivity contribution in [1.82, 2.24) is 15.2 Å².